The molecule has 0 aromatic carbocycles. The van der Waals surface area contributed by atoms with E-state index in [1.807, 2.05) is 13.8 Å². The third-order valence-corrected chi connectivity index (χ3v) is 4.93. The molecule has 1 aromatic rings. The monoisotopic (exact) mass is 348 g/mol. The van der Waals surface area contributed by atoms with Gasteiger partial charge in [0.1, 0.15) is 0 Å². The first-order chi connectivity index (χ1) is 11.7. The molecule has 1 heterocycles. The van der Waals surface area contributed by atoms with Crippen LogP contribution in [0.1, 0.15) is 67.8 Å². The Bertz CT molecular complexity index is 658. The van der Waals surface area contributed by atoms with Gasteiger partial charge in [-0.1, -0.05) is 20.8 Å². The van der Waals surface area contributed by atoms with Crippen molar-refractivity contribution in [2.75, 3.05) is 13.7 Å². The smallest absolute Gasteiger partial charge is 0.224 e. The third kappa shape index (κ3) is 4.32. The van der Waals surface area contributed by atoms with Gasteiger partial charge in [-0.15, -0.1) is 0 Å². The summed E-state index contributed by atoms with van der Waals surface area (Å²) >= 11 is 0. The van der Waals surface area contributed by atoms with Gasteiger partial charge >= 0.3 is 0 Å². The number of hydrogen-bond donors (Lipinski definition) is 1. The second kappa shape index (κ2) is 7.73. The first-order valence-electron chi connectivity index (χ1n) is 9.22. The lowest BCUT2D eigenvalue weighted by molar-refractivity contribution is -0.121. The number of methoxy groups -OCH3 is 1. The Kier molecular flexibility index (Phi) is 6.09. The summed E-state index contributed by atoms with van der Waals surface area (Å²) in [4.78, 5) is 25.3. The molecule has 1 aliphatic carbocycles. The van der Waals surface area contributed by atoms with Crippen LogP contribution in [0.2, 0.25) is 0 Å². The average molecular weight is 348 g/mol. The minimum atomic E-state index is -0.0540. The first-order valence-corrected chi connectivity index (χ1v) is 9.22. The molecule has 1 amide bonds. The van der Waals surface area contributed by atoms with E-state index in [1.165, 1.54) is 0 Å². The number of rotatable bonds is 7. The second-order valence-electron chi connectivity index (χ2n) is 8.08. The summed E-state index contributed by atoms with van der Waals surface area (Å²) in [5.74, 6) is 0.124. The summed E-state index contributed by atoms with van der Waals surface area (Å²) < 4.78 is 7.33. The van der Waals surface area contributed by atoms with Gasteiger partial charge in [0, 0.05) is 43.1 Å². The van der Waals surface area contributed by atoms with Gasteiger partial charge < -0.3 is 14.6 Å². The summed E-state index contributed by atoms with van der Waals surface area (Å²) in [6.07, 6.45) is 2.69. The number of nitrogens with one attached hydrogen (secondary N) is 1. The lowest BCUT2D eigenvalue weighted by atomic mass is 9.75. The van der Waals surface area contributed by atoms with Crippen LogP contribution in [0.25, 0.3) is 0 Å². The van der Waals surface area contributed by atoms with E-state index >= 15 is 0 Å². The molecule has 0 saturated heterocycles. The SMILES string of the molecule is CCCn1c(C)c(CC(=O)N[C@H](C)COC)c2c1CC(C)(C)CC2=O. The number of fused-ring (bicyclic) bond motifs is 1. The molecule has 1 atom stereocenters. The lowest BCUT2D eigenvalue weighted by Gasteiger charge is -2.30. The maximum Gasteiger partial charge on any atom is 0.224 e. The number of nitrogens with zero attached hydrogens (tertiary/aromatic N) is 1. The van der Waals surface area contributed by atoms with Gasteiger partial charge in [-0.2, -0.15) is 0 Å². The number of carbonyl (C=O) groups is 2. The summed E-state index contributed by atoms with van der Waals surface area (Å²) in [6.45, 7) is 11.7. The van der Waals surface area contributed by atoms with E-state index < -0.39 is 0 Å². The number of ketones is 1. The molecular formula is C20H32N2O3. The molecule has 0 aliphatic heterocycles. The van der Waals surface area contributed by atoms with Gasteiger partial charge in [0.05, 0.1) is 13.0 Å². The Labute approximate surface area is 151 Å². The van der Waals surface area contributed by atoms with Crippen molar-refractivity contribution in [2.24, 2.45) is 5.41 Å². The fourth-order valence-corrected chi connectivity index (χ4v) is 3.93. The highest BCUT2D eigenvalue weighted by molar-refractivity contribution is 6.01. The molecule has 5 nitrogen and oxygen atoms in total. The molecular weight excluding hydrogens is 316 g/mol. The van der Waals surface area contributed by atoms with Crippen LogP contribution in [0.15, 0.2) is 0 Å². The fourth-order valence-electron chi connectivity index (χ4n) is 3.93. The quantitative estimate of drug-likeness (QED) is 0.824. The zero-order valence-corrected chi connectivity index (χ0v) is 16.5. The molecule has 0 spiro atoms. The zero-order chi connectivity index (χ0) is 18.8. The van der Waals surface area contributed by atoms with Gasteiger partial charge in [0.15, 0.2) is 5.78 Å². The number of carbonyl (C=O) groups excluding carboxylic acids is 2. The number of amides is 1. The molecule has 0 saturated carbocycles. The molecule has 0 radical (unpaired) electrons. The van der Waals surface area contributed by atoms with Crippen molar-refractivity contribution in [1.82, 2.24) is 9.88 Å². The summed E-state index contributed by atoms with van der Waals surface area (Å²) in [6, 6.07) is -0.0407. The van der Waals surface area contributed by atoms with Crippen molar-refractivity contribution in [1.29, 1.82) is 0 Å². The van der Waals surface area contributed by atoms with Gasteiger partial charge in [0.2, 0.25) is 5.91 Å². The van der Waals surface area contributed by atoms with Crippen LogP contribution in [-0.4, -0.2) is 36.0 Å². The molecule has 0 unspecified atom stereocenters. The van der Waals surface area contributed by atoms with Crippen LogP contribution in [-0.2, 0) is 28.9 Å². The summed E-state index contributed by atoms with van der Waals surface area (Å²) in [5, 5.41) is 2.95. The molecule has 2 rings (SSSR count). The lowest BCUT2D eigenvalue weighted by Crippen LogP contribution is -2.37. The van der Waals surface area contributed by atoms with Crippen LogP contribution >= 0.6 is 0 Å². The van der Waals surface area contributed by atoms with Crippen LogP contribution in [0, 0.1) is 12.3 Å². The molecule has 25 heavy (non-hydrogen) atoms. The topological polar surface area (TPSA) is 60.3 Å². The minimum Gasteiger partial charge on any atom is -0.383 e. The van der Waals surface area contributed by atoms with Gasteiger partial charge in [-0.3, -0.25) is 9.59 Å². The van der Waals surface area contributed by atoms with Crippen LogP contribution in [0.4, 0.5) is 0 Å². The first kappa shape index (κ1) is 19.7. The minimum absolute atomic E-state index is 0.0210. The predicted octanol–water partition coefficient (Wildman–Crippen LogP) is 3.06. The van der Waals surface area contributed by atoms with Crippen molar-refractivity contribution in [2.45, 2.75) is 72.9 Å². The van der Waals surface area contributed by atoms with E-state index in [4.69, 9.17) is 4.74 Å². The third-order valence-electron chi connectivity index (χ3n) is 4.93. The van der Waals surface area contributed by atoms with E-state index in [1.54, 1.807) is 7.11 Å². The van der Waals surface area contributed by atoms with Gasteiger partial charge in [-0.25, -0.2) is 0 Å². The Balaban J connectivity index is 2.36. The number of aromatic nitrogens is 1. The molecule has 1 N–H and O–H groups in total. The summed E-state index contributed by atoms with van der Waals surface area (Å²) in [7, 11) is 1.62. The molecule has 1 aliphatic rings. The molecule has 1 aromatic heterocycles. The van der Waals surface area contributed by atoms with E-state index in [0.29, 0.717) is 13.0 Å². The second-order valence-corrected chi connectivity index (χ2v) is 8.08. The van der Waals surface area contributed by atoms with Gasteiger partial charge in [0.25, 0.3) is 0 Å². The largest absolute Gasteiger partial charge is 0.383 e. The van der Waals surface area contributed by atoms with Crippen LogP contribution < -0.4 is 5.32 Å². The number of ether oxygens (including phenoxy) is 1. The van der Waals surface area contributed by atoms with E-state index in [-0.39, 0.29) is 29.6 Å². The highest BCUT2D eigenvalue weighted by Gasteiger charge is 2.36. The van der Waals surface area contributed by atoms with Crippen molar-refractivity contribution in [3.05, 3.63) is 22.5 Å². The average Bonchev–Trinajstić information content (AvgIpc) is 2.72. The molecule has 0 bridgehead atoms. The van der Waals surface area contributed by atoms with Crippen molar-refractivity contribution in [3.63, 3.8) is 0 Å². The molecule has 0 fully saturated rings. The Morgan fingerprint density at radius 1 is 1.36 bits per heavy atom. The Morgan fingerprint density at radius 2 is 2.04 bits per heavy atom. The van der Waals surface area contributed by atoms with E-state index in [0.717, 1.165) is 41.9 Å². The maximum atomic E-state index is 12.8. The highest BCUT2D eigenvalue weighted by Crippen LogP contribution is 2.38. The van der Waals surface area contributed by atoms with Crippen LogP contribution in [0.5, 0.6) is 0 Å². The van der Waals surface area contributed by atoms with Crippen LogP contribution in [0.3, 0.4) is 0 Å². The Morgan fingerprint density at radius 3 is 2.64 bits per heavy atom. The standard InChI is InChI=1S/C20H32N2O3/c1-7-8-22-14(3)15(9-18(24)21-13(2)12-25-6)19-16(22)10-20(4,5)11-17(19)23/h13H,7-12H2,1-6H3,(H,21,24)/t13-/m1/s1. The maximum absolute atomic E-state index is 12.8. The van der Waals surface area contributed by atoms with Crippen molar-refractivity contribution in [3.8, 4) is 0 Å². The number of hydrogen-bond acceptors (Lipinski definition) is 3. The van der Waals surface area contributed by atoms with Crippen molar-refractivity contribution < 1.29 is 14.3 Å². The van der Waals surface area contributed by atoms with E-state index in [9.17, 15) is 9.59 Å². The normalized spacial score (nSPS) is 17.3. The molecule has 5 heteroatoms. The predicted molar refractivity (Wildman–Crippen MR) is 99.1 cm³/mol. The fraction of sp³-hybridized carbons (Fsp3) is 0.700. The van der Waals surface area contributed by atoms with E-state index in [2.05, 4.69) is 30.7 Å². The zero-order valence-electron chi connectivity index (χ0n) is 16.5. The highest BCUT2D eigenvalue weighted by atomic mass is 16.5. The Hall–Kier alpha value is -1.62. The van der Waals surface area contributed by atoms with Crippen molar-refractivity contribution >= 4 is 11.7 Å². The van der Waals surface area contributed by atoms with Gasteiger partial charge in [-0.05, 0) is 37.7 Å². The number of Topliss-reactive ketones (excluding diaryl/α,β-unsaturated/α-hetero) is 1. The summed E-state index contributed by atoms with van der Waals surface area (Å²) in [5.41, 5.74) is 3.87. The molecule has 140 valence electrons.